The maximum absolute atomic E-state index is 13.6. The topological polar surface area (TPSA) is 128 Å². The molecular formula is C27H29F3N8O3. The number of hydrogen-bond acceptors (Lipinski definition) is 10. The van der Waals surface area contributed by atoms with E-state index in [1.807, 2.05) is 24.3 Å². The lowest BCUT2D eigenvalue weighted by Crippen LogP contribution is -2.44. The number of likely N-dealkylation sites (N-methyl/N-ethyl adjacent to an activating group) is 1. The molecule has 0 aliphatic carbocycles. The number of nitrogens with one attached hydrogen (secondary N) is 3. The number of amides is 1. The standard InChI is InChI=1S/C27H29F3N8O3/c1-3-10-31-24(39)19-15-32-25(33-17-4-6-18(7-5-17)38-13-11-37(2)12-14-38)36-23(19)35-21-9-8-20-22(34-21)26(40,16-41-20)27(28,29)30/h3-9,15,40H,1,10-14,16H2,2H3,(H,31,39)(H2,32,33,34,35,36)/t26-/m0/s1. The van der Waals surface area contributed by atoms with Crippen LogP contribution in [0.25, 0.3) is 0 Å². The van der Waals surface area contributed by atoms with Crippen molar-refractivity contribution in [2.75, 3.05) is 61.9 Å². The van der Waals surface area contributed by atoms with Crippen molar-refractivity contribution in [2.24, 2.45) is 0 Å². The number of piperazine rings is 1. The summed E-state index contributed by atoms with van der Waals surface area (Å²) in [6.07, 6.45) is -2.23. The third kappa shape index (κ3) is 5.88. The van der Waals surface area contributed by atoms with Crippen LogP contribution in [0.2, 0.25) is 0 Å². The molecule has 1 atom stereocenters. The van der Waals surface area contributed by atoms with Gasteiger partial charge in [-0.2, -0.15) is 18.2 Å². The predicted octanol–water partition coefficient (Wildman–Crippen LogP) is 3.17. The minimum absolute atomic E-state index is 0.0139. The van der Waals surface area contributed by atoms with Crippen LogP contribution in [0, 0.1) is 0 Å². The third-order valence-electron chi connectivity index (χ3n) is 6.83. The number of pyridine rings is 1. The SMILES string of the molecule is C=CCNC(=O)c1cnc(Nc2ccc(N3CCN(C)CC3)cc2)nc1Nc1ccc2c(n1)[C@](O)(C(F)(F)F)CO2. The van der Waals surface area contributed by atoms with Gasteiger partial charge in [0, 0.05) is 50.3 Å². The minimum atomic E-state index is -5.01. The number of benzene rings is 1. The first-order chi connectivity index (χ1) is 19.6. The summed E-state index contributed by atoms with van der Waals surface area (Å²) in [5, 5.41) is 18.8. The monoisotopic (exact) mass is 570 g/mol. The molecule has 3 aromatic rings. The summed E-state index contributed by atoms with van der Waals surface area (Å²) in [5.74, 6) is -0.691. The van der Waals surface area contributed by atoms with Crippen molar-refractivity contribution in [3.05, 3.63) is 66.5 Å². The number of ether oxygens (including phenoxy) is 1. The molecule has 41 heavy (non-hydrogen) atoms. The Morgan fingerprint density at radius 1 is 1.12 bits per heavy atom. The van der Waals surface area contributed by atoms with Crippen molar-refractivity contribution in [3.63, 3.8) is 0 Å². The third-order valence-corrected chi connectivity index (χ3v) is 6.83. The van der Waals surface area contributed by atoms with Gasteiger partial charge >= 0.3 is 6.18 Å². The van der Waals surface area contributed by atoms with Gasteiger partial charge in [0.25, 0.3) is 5.91 Å². The number of carbonyl (C=O) groups excluding carboxylic acids is 1. The molecule has 14 heteroatoms. The molecule has 1 saturated heterocycles. The Morgan fingerprint density at radius 3 is 2.54 bits per heavy atom. The Morgan fingerprint density at radius 2 is 1.85 bits per heavy atom. The number of fused-ring (bicyclic) bond motifs is 1. The van der Waals surface area contributed by atoms with Gasteiger partial charge in [0.1, 0.15) is 35.2 Å². The highest BCUT2D eigenvalue weighted by molar-refractivity contribution is 5.99. The second kappa shape index (κ2) is 11.2. The van der Waals surface area contributed by atoms with Crippen LogP contribution in [0.3, 0.4) is 0 Å². The number of aromatic nitrogens is 3. The Kier molecular flexibility index (Phi) is 7.69. The predicted molar refractivity (Wildman–Crippen MR) is 147 cm³/mol. The fraction of sp³-hybridized carbons (Fsp3) is 0.333. The largest absolute Gasteiger partial charge is 0.488 e. The normalized spacial score (nSPS) is 18.8. The van der Waals surface area contributed by atoms with E-state index >= 15 is 0 Å². The Hall–Kier alpha value is -4.43. The van der Waals surface area contributed by atoms with Gasteiger partial charge in [-0.15, -0.1) is 6.58 Å². The first-order valence-corrected chi connectivity index (χ1v) is 12.8. The summed E-state index contributed by atoms with van der Waals surface area (Å²) >= 11 is 0. The Balaban J connectivity index is 1.40. The summed E-state index contributed by atoms with van der Waals surface area (Å²) in [7, 11) is 2.10. The number of nitrogens with zero attached hydrogens (tertiary/aromatic N) is 5. The van der Waals surface area contributed by atoms with Gasteiger partial charge in [-0.05, 0) is 43.4 Å². The second-order valence-corrected chi connectivity index (χ2v) is 9.73. The van der Waals surface area contributed by atoms with Crippen LogP contribution in [0.4, 0.5) is 42.1 Å². The maximum Gasteiger partial charge on any atom is 0.426 e. The van der Waals surface area contributed by atoms with Crippen LogP contribution in [-0.2, 0) is 5.60 Å². The van der Waals surface area contributed by atoms with Gasteiger partial charge in [-0.1, -0.05) is 6.08 Å². The van der Waals surface area contributed by atoms with Crippen LogP contribution < -0.4 is 25.6 Å². The summed E-state index contributed by atoms with van der Waals surface area (Å²) < 4.78 is 45.8. The molecule has 0 bridgehead atoms. The molecule has 2 aliphatic heterocycles. The van der Waals surface area contributed by atoms with E-state index in [2.05, 4.69) is 54.3 Å². The summed E-state index contributed by atoms with van der Waals surface area (Å²) in [5.41, 5.74) is -2.14. The minimum Gasteiger partial charge on any atom is -0.488 e. The number of rotatable bonds is 8. The van der Waals surface area contributed by atoms with Crippen molar-refractivity contribution >= 4 is 34.9 Å². The number of anilines is 5. The zero-order valence-corrected chi connectivity index (χ0v) is 22.2. The van der Waals surface area contributed by atoms with Gasteiger partial charge in [0.15, 0.2) is 0 Å². The number of hydrogen-bond donors (Lipinski definition) is 4. The number of aliphatic hydroxyl groups is 1. The quantitative estimate of drug-likeness (QED) is 0.300. The van der Waals surface area contributed by atoms with Gasteiger partial charge in [0.2, 0.25) is 11.5 Å². The van der Waals surface area contributed by atoms with Gasteiger partial charge in [-0.25, -0.2) is 9.97 Å². The molecule has 4 heterocycles. The molecule has 1 fully saturated rings. The molecule has 0 spiro atoms. The van der Waals surface area contributed by atoms with Crippen molar-refractivity contribution in [3.8, 4) is 5.75 Å². The highest BCUT2D eigenvalue weighted by Crippen LogP contribution is 2.46. The molecule has 4 N–H and O–H groups in total. The molecule has 0 radical (unpaired) electrons. The molecule has 2 aromatic heterocycles. The average Bonchev–Trinajstić information content (AvgIpc) is 3.30. The van der Waals surface area contributed by atoms with Crippen LogP contribution in [0.15, 0.2) is 55.3 Å². The van der Waals surface area contributed by atoms with Crippen molar-refractivity contribution in [1.29, 1.82) is 0 Å². The molecule has 2 aliphatic rings. The fourth-order valence-corrected chi connectivity index (χ4v) is 4.43. The number of halogens is 3. The molecule has 1 aromatic carbocycles. The van der Waals surface area contributed by atoms with Crippen LogP contribution in [0.1, 0.15) is 16.1 Å². The van der Waals surface area contributed by atoms with Gasteiger partial charge < -0.3 is 35.6 Å². The summed E-state index contributed by atoms with van der Waals surface area (Å²) in [6.45, 7) is 6.56. The lowest BCUT2D eigenvalue weighted by atomic mass is 10.0. The Bertz CT molecular complexity index is 1430. The Labute approximate surface area is 234 Å². The van der Waals surface area contributed by atoms with E-state index in [1.165, 1.54) is 24.4 Å². The van der Waals surface area contributed by atoms with Crippen molar-refractivity contribution in [2.45, 2.75) is 11.8 Å². The average molecular weight is 571 g/mol. The number of alkyl halides is 3. The molecule has 216 valence electrons. The van der Waals surface area contributed by atoms with E-state index in [0.717, 1.165) is 31.9 Å². The van der Waals surface area contributed by atoms with Crippen LogP contribution in [0.5, 0.6) is 5.75 Å². The maximum atomic E-state index is 13.6. The van der Waals surface area contributed by atoms with Crippen molar-refractivity contribution in [1.82, 2.24) is 25.2 Å². The van der Waals surface area contributed by atoms with E-state index in [1.54, 1.807) is 0 Å². The molecule has 5 rings (SSSR count). The summed E-state index contributed by atoms with van der Waals surface area (Å²) in [4.78, 5) is 30.0. The van der Waals surface area contributed by atoms with E-state index in [4.69, 9.17) is 4.74 Å². The lowest BCUT2D eigenvalue weighted by Gasteiger charge is -2.34. The summed E-state index contributed by atoms with van der Waals surface area (Å²) in [6, 6.07) is 10.4. The smallest absolute Gasteiger partial charge is 0.426 e. The lowest BCUT2D eigenvalue weighted by molar-refractivity contribution is -0.268. The van der Waals surface area contributed by atoms with E-state index in [9.17, 15) is 23.1 Å². The fourth-order valence-electron chi connectivity index (χ4n) is 4.43. The highest BCUT2D eigenvalue weighted by atomic mass is 19.4. The highest BCUT2D eigenvalue weighted by Gasteiger charge is 2.61. The molecule has 11 nitrogen and oxygen atoms in total. The van der Waals surface area contributed by atoms with Crippen LogP contribution >= 0.6 is 0 Å². The molecule has 1 amide bonds. The first kappa shape index (κ1) is 28.1. The van der Waals surface area contributed by atoms with E-state index < -0.39 is 30.0 Å². The van der Waals surface area contributed by atoms with E-state index in [0.29, 0.717) is 5.69 Å². The van der Waals surface area contributed by atoms with E-state index in [-0.39, 0.29) is 35.4 Å². The zero-order valence-electron chi connectivity index (χ0n) is 22.2. The molecule has 0 unspecified atom stereocenters. The molecule has 0 saturated carbocycles. The van der Waals surface area contributed by atoms with Crippen molar-refractivity contribution < 1.29 is 27.8 Å². The number of carbonyl (C=O) groups is 1. The van der Waals surface area contributed by atoms with Gasteiger partial charge in [0.05, 0.1) is 0 Å². The second-order valence-electron chi connectivity index (χ2n) is 9.73. The first-order valence-electron chi connectivity index (χ1n) is 12.8. The van der Waals surface area contributed by atoms with Crippen LogP contribution in [-0.4, -0.2) is 83.4 Å². The zero-order chi connectivity index (χ0) is 29.2. The molecular weight excluding hydrogens is 541 g/mol. The van der Waals surface area contributed by atoms with Gasteiger partial charge in [-0.3, -0.25) is 4.79 Å².